The lowest BCUT2D eigenvalue weighted by Crippen LogP contribution is -2.29. The number of rotatable bonds is 8. The summed E-state index contributed by atoms with van der Waals surface area (Å²) in [4.78, 5) is 0. The Kier molecular flexibility index (Phi) is 6.16. The number of hydrogen-bond donors (Lipinski definition) is 1. The SMILES string of the molecule is CCCNC(CC)CCCn1nccc1C. The summed E-state index contributed by atoms with van der Waals surface area (Å²) in [6.45, 7) is 8.77. The van der Waals surface area contributed by atoms with Gasteiger partial charge in [0.15, 0.2) is 0 Å². The first-order valence-electron chi connectivity index (χ1n) is 6.49. The van der Waals surface area contributed by atoms with Gasteiger partial charge in [0, 0.05) is 24.5 Å². The summed E-state index contributed by atoms with van der Waals surface area (Å²) in [5.41, 5.74) is 1.26. The van der Waals surface area contributed by atoms with Crippen molar-refractivity contribution in [2.45, 2.75) is 59.0 Å². The highest BCUT2D eigenvalue weighted by Crippen LogP contribution is 2.05. The quantitative estimate of drug-likeness (QED) is 0.734. The maximum atomic E-state index is 4.30. The van der Waals surface area contributed by atoms with E-state index in [-0.39, 0.29) is 0 Å². The summed E-state index contributed by atoms with van der Waals surface area (Å²) in [5, 5.41) is 7.88. The Hall–Kier alpha value is -0.830. The molecule has 1 atom stereocenters. The van der Waals surface area contributed by atoms with E-state index in [1.54, 1.807) is 0 Å². The zero-order chi connectivity index (χ0) is 11.8. The van der Waals surface area contributed by atoms with Crippen LogP contribution in [-0.4, -0.2) is 22.4 Å². The maximum Gasteiger partial charge on any atom is 0.0492 e. The van der Waals surface area contributed by atoms with E-state index in [4.69, 9.17) is 0 Å². The summed E-state index contributed by atoms with van der Waals surface area (Å²) < 4.78 is 2.09. The molecule has 3 nitrogen and oxygen atoms in total. The molecule has 92 valence electrons. The molecule has 0 amide bonds. The van der Waals surface area contributed by atoms with Gasteiger partial charge in [0.25, 0.3) is 0 Å². The minimum atomic E-state index is 0.677. The molecule has 1 N–H and O–H groups in total. The summed E-state index contributed by atoms with van der Waals surface area (Å²) in [7, 11) is 0. The monoisotopic (exact) mass is 223 g/mol. The summed E-state index contributed by atoms with van der Waals surface area (Å²) in [6, 6.07) is 2.74. The van der Waals surface area contributed by atoms with Gasteiger partial charge in [-0.3, -0.25) is 4.68 Å². The summed E-state index contributed by atoms with van der Waals surface area (Å²) in [6.07, 6.45) is 6.77. The standard InChI is InChI=1S/C13H25N3/c1-4-9-14-13(5-2)7-6-11-16-12(3)8-10-15-16/h8,10,13-14H,4-7,9,11H2,1-3H3. The highest BCUT2D eigenvalue weighted by Gasteiger charge is 2.05. The number of hydrogen-bond acceptors (Lipinski definition) is 2. The van der Waals surface area contributed by atoms with Gasteiger partial charge >= 0.3 is 0 Å². The summed E-state index contributed by atoms with van der Waals surface area (Å²) >= 11 is 0. The van der Waals surface area contributed by atoms with Crippen LogP contribution in [0.25, 0.3) is 0 Å². The number of nitrogens with zero attached hydrogens (tertiary/aromatic N) is 2. The Labute approximate surface area is 99.2 Å². The minimum absolute atomic E-state index is 0.677. The fraction of sp³-hybridized carbons (Fsp3) is 0.769. The van der Waals surface area contributed by atoms with Crippen molar-refractivity contribution in [1.82, 2.24) is 15.1 Å². The second-order valence-corrected chi connectivity index (χ2v) is 4.40. The van der Waals surface area contributed by atoms with Crippen LogP contribution < -0.4 is 5.32 Å². The van der Waals surface area contributed by atoms with E-state index >= 15 is 0 Å². The van der Waals surface area contributed by atoms with Crippen LogP contribution >= 0.6 is 0 Å². The van der Waals surface area contributed by atoms with Crippen LogP contribution in [-0.2, 0) is 6.54 Å². The largest absolute Gasteiger partial charge is 0.314 e. The highest BCUT2D eigenvalue weighted by molar-refractivity contribution is 4.96. The molecule has 0 saturated carbocycles. The molecule has 0 aromatic carbocycles. The Balaban J connectivity index is 2.20. The van der Waals surface area contributed by atoms with Gasteiger partial charge in [-0.2, -0.15) is 5.10 Å². The number of aromatic nitrogens is 2. The molecule has 1 unspecified atom stereocenters. The van der Waals surface area contributed by atoms with Gasteiger partial charge < -0.3 is 5.32 Å². The van der Waals surface area contributed by atoms with Gasteiger partial charge in [0.05, 0.1) is 0 Å². The van der Waals surface area contributed by atoms with Crippen molar-refractivity contribution in [2.75, 3.05) is 6.54 Å². The molecule has 1 rings (SSSR count). The summed E-state index contributed by atoms with van der Waals surface area (Å²) in [5.74, 6) is 0. The molecule has 0 bridgehead atoms. The van der Waals surface area contributed by atoms with Crippen molar-refractivity contribution >= 4 is 0 Å². The molecular formula is C13H25N3. The molecule has 0 aliphatic heterocycles. The number of nitrogens with one attached hydrogen (secondary N) is 1. The van der Waals surface area contributed by atoms with E-state index in [0.29, 0.717) is 6.04 Å². The van der Waals surface area contributed by atoms with Crippen molar-refractivity contribution in [2.24, 2.45) is 0 Å². The third-order valence-corrected chi connectivity index (χ3v) is 3.03. The molecule has 0 radical (unpaired) electrons. The fourth-order valence-electron chi connectivity index (χ4n) is 1.92. The smallest absolute Gasteiger partial charge is 0.0492 e. The minimum Gasteiger partial charge on any atom is -0.314 e. The first-order valence-corrected chi connectivity index (χ1v) is 6.49. The molecule has 1 heterocycles. The van der Waals surface area contributed by atoms with E-state index in [1.807, 2.05) is 6.20 Å². The van der Waals surface area contributed by atoms with Gasteiger partial charge in [0.1, 0.15) is 0 Å². The molecular weight excluding hydrogens is 198 g/mol. The zero-order valence-electron chi connectivity index (χ0n) is 10.9. The van der Waals surface area contributed by atoms with Gasteiger partial charge in [-0.05, 0) is 45.2 Å². The third-order valence-electron chi connectivity index (χ3n) is 3.03. The molecule has 0 aliphatic rings. The van der Waals surface area contributed by atoms with Crippen LogP contribution in [0.1, 0.15) is 45.2 Å². The first-order chi connectivity index (χ1) is 7.77. The first kappa shape index (κ1) is 13.2. The van der Waals surface area contributed by atoms with E-state index in [9.17, 15) is 0 Å². The molecule has 16 heavy (non-hydrogen) atoms. The van der Waals surface area contributed by atoms with Crippen molar-refractivity contribution in [3.8, 4) is 0 Å². The lowest BCUT2D eigenvalue weighted by atomic mass is 10.1. The topological polar surface area (TPSA) is 29.9 Å². The van der Waals surface area contributed by atoms with Crippen LogP contribution in [0.4, 0.5) is 0 Å². The van der Waals surface area contributed by atoms with Crippen molar-refractivity contribution in [3.63, 3.8) is 0 Å². The van der Waals surface area contributed by atoms with E-state index in [2.05, 4.69) is 41.9 Å². The molecule has 0 fully saturated rings. The Morgan fingerprint density at radius 2 is 2.25 bits per heavy atom. The molecule has 1 aromatic rings. The van der Waals surface area contributed by atoms with Crippen LogP contribution in [0.5, 0.6) is 0 Å². The average molecular weight is 223 g/mol. The van der Waals surface area contributed by atoms with Crippen molar-refractivity contribution < 1.29 is 0 Å². The highest BCUT2D eigenvalue weighted by atomic mass is 15.3. The predicted molar refractivity (Wildman–Crippen MR) is 68.6 cm³/mol. The van der Waals surface area contributed by atoms with Gasteiger partial charge in [-0.1, -0.05) is 13.8 Å². The van der Waals surface area contributed by atoms with Crippen molar-refractivity contribution in [1.29, 1.82) is 0 Å². The second-order valence-electron chi connectivity index (χ2n) is 4.40. The van der Waals surface area contributed by atoms with Crippen LogP contribution in [0, 0.1) is 6.92 Å². The Bertz CT molecular complexity index is 280. The van der Waals surface area contributed by atoms with E-state index < -0.39 is 0 Å². The van der Waals surface area contributed by atoms with Gasteiger partial charge in [-0.25, -0.2) is 0 Å². The predicted octanol–water partition coefficient (Wildman–Crippen LogP) is 2.75. The van der Waals surface area contributed by atoms with Crippen LogP contribution in [0.15, 0.2) is 12.3 Å². The lowest BCUT2D eigenvalue weighted by molar-refractivity contribution is 0.429. The Morgan fingerprint density at radius 3 is 2.81 bits per heavy atom. The molecule has 0 saturated heterocycles. The maximum absolute atomic E-state index is 4.30. The second kappa shape index (κ2) is 7.44. The van der Waals surface area contributed by atoms with Crippen LogP contribution in [0.3, 0.4) is 0 Å². The lowest BCUT2D eigenvalue weighted by Gasteiger charge is -2.16. The molecule has 1 aromatic heterocycles. The van der Waals surface area contributed by atoms with Gasteiger partial charge in [0.2, 0.25) is 0 Å². The number of aryl methyl sites for hydroxylation is 2. The van der Waals surface area contributed by atoms with Crippen LogP contribution in [0.2, 0.25) is 0 Å². The average Bonchev–Trinajstić information content (AvgIpc) is 2.69. The molecule has 0 spiro atoms. The Morgan fingerprint density at radius 1 is 1.44 bits per heavy atom. The fourth-order valence-corrected chi connectivity index (χ4v) is 1.92. The van der Waals surface area contributed by atoms with E-state index in [0.717, 1.165) is 13.1 Å². The van der Waals surface area contributed by atoms with Gasteiger partial charge in [-0.15, -0.1) is 0 Å². The van der Waals surface area contributed by atoms with Crippen molar-refractivity contribution in [3.05, 3.63) is 18.0 Å². The normalized spacial score (nSPS) is 12.9. The molecule has 0 aliphatic carbocycles. The zero-order valence-corrected chi connectivity index (χ0v) is 10.9. The third kappa shape index (κ3) is 4.35. The molecule has 3 heteroatoms. The van der Waals surface area contributed by atoms with E-state index in [1.165, 1.54) is 31.4 Å².